The van der Waals surface area contributed by atoms with Gasteiger partial charge in [0.2, 0.25) is 5.91 Å². The maximum Gasteiger partial charge on any atom is 0.416 e. The Morgan fingerprint density at radius 2 is 1.92 bits per heavy atom. The number of carboxylic acids is 1. The molecule has 5 nitrogen and oxygen atoms in total. The van der Waals surface area contributed by atoms with Crippen LogP contribution in [0.15, 0.2) is 24.3 Å². The van der Waals surface area contributed by atoms with Crippen molar-refractivity contribution in [2.75, 3.05) is 26.7 Å². The van der Waals surface area contributed by atoms with E-state index in [0.717, 1.165) is 12.5 Å². The number of likely N-dealkylation sites (N-methyl/N-ethyl adjacent to an activating group) is 1. The van der Waals surface area contributed by atoms with Crippen LogP contribution in [0, 0.1) is 0 Å². The number of amides is 1. The van der Waals surface area contributed by atoms with E-state index in [4.69, 9.17) is 5.11 Å². The summed E-state index contributed by atoms with van der Waals surface area (Å²) in [6.45, 7) is 0.823. The molecule has 1 aromatic carbocycles. The van der Waals surface area contributed by atoms with E-state index in [2.05, 4.69) is 0 Å². The zero-order chi connectivity index (χ0) is 19.3. The normalized spacial score (nSPS) is 18.7. The standard InChI is InChI=1S/C18H23F3N2O3/c1-22(12-17(25)26)14-6-4-9-23(10-8-14)16(24)11-13-5-2-3-7-15(13)18(19,20)21/h2-3,5,7,14H,4,6,8-12H2,1H3,(H,25,26). The number of likely N-dealkylation sites (tertiary alicyclic amines) is 1. The summed E-state index contributed by atoms with van der Waals surface area (Å²) in [5, 5.41) is 8.88. The van der Waals surface area contributed by atoms with Gasteiger partial charge in [-0.1, -0.05) is 18.2 Å². The first kappa shape index (κ1) is 20.2. The quantitative estimate of drug-likeness (QED) is 0.863. The van der Waals surface area contributed by atoms with E-state index in [1.165, 1.54) is 18.2 Å². The summed E-state index contributed by atoms with van der Waals surface area (Å²) in [6.07, 6.45) is -2.71. The molecule has 1 fully saturated rings. The highest BCUT2D eigenvalue weighted by Gasteiger charge is 2.34. The Kier molecular flexibility index (Phi) is 6.63. The van der Waals surface area contributed by atoms with Crippen LogP contribution in [0.25, 0.3) is 0 Å². The average molecular weight is 372 g/mol. The summed E-state index contributed by atoms with van der Waals surface area (Å²) in [5.74, 6) is -1.24. The fourth-order valence-electron chi connectivity index (χ4n) is 3.34. The number of benzene rings is 1. The topological polar surface area (TPSA) is 60.9 Å². The van der Waals surface area contributed by atoms with Gasteiger partial charge in [0.25, 0.3) is 0 Å². The number of hydrogen-bond donors (Lipinski definition) is 1. The Hall–Kier alpha value is -2.09. The number of halogens is 3. The van der Waals surface area contributed by atoms with Gasteiger partial charge in [-0.15, -0.1) is 0 Å². The van der Waals surface area contributed by atoms with E-state index in [1.807, 2.05) is 0 Å². The summed E-state index contributed by atoms with van der Waals surface area (Å²) < 4.78 is 39.2. The van der Waals surface area contributed by atoms with Crippen molar-refractivity contribution in [3.63, 3.8) is 0 Å². The molecule has 144 valence electrons. The molecule has 26 heavy (non-hydrogen) atoms. The molecule has 1 atom stereocenters. The second kappa shape index (κ2) is 8.53. The first-order valence-electron chi connectivity index (χ1n) is 8.53. The SMILES string of the molecule is CN(CC(=O)O)C1CCCN(C(=O)Cc2ccccc2C(F)(F)F)CC1. The van der Waals surface area contributed by atoms with Gasteiger partial charge < -0.3 is 10.0 Å². The lowest BCUT2D eigenvalue weighted by atomic mass is 10.0. The number of carboxylic acid groups (broad SMARTS) is 1. The summed E-state index contributed by atoms with van der Waals surface area (Å²) in [4.78, 5) is 26.7. The average Bonchev–Trinajstić information content (AvgIpc) is 2.80. The largest absolute Gasteiger partial charge is 0.480 e. The predicted molar refractivity (Wildman–Crippen MR) is 89.6 cm³/mol. The Morgan fingerprint density at radius 3 is 2.58 bits per heavy atom. The number of carbonyl (C=O) groups excluding carboxylic acids is 1. The molecule has 0 aromatic heterocycles. The van der Waals surface area contributed by atoms with Crippen molar-refractivity contribution in [1.29, 1.82) is 0 Å². The van der Waals surface area contributed by atoms with Crippen LogP contribution in [-0.4, -0.2) is 59.5 Å². The van der Waals surface area contributed by atoms with Crippen LogP contribution >= 0.6 is 0 Å². The van der Waals surface area contributed by atoms with Crippen LogP contribution in [0.5, 0.6) is 0 Å². The number of rotatable bonds is 5. The molecule has 2 rings (SSSR count). The first-order chi connectivity index (χ1) is 12.2. The zero-order valence-electron chi connectivity index (χ0n) is 14.6. The van der Waals surface area contributed by atoms with Gasteiger partial charge in [0.15, 0.2) is 0 Å². The second-order valence-corrected chi connectivity index (χ2v) is 6.61. The Bertz CT molecular complexity index is 649. The number of carbonyl (C=O) groups is 2. The van der Waals surface area contributed by atoms with Crippen LogP contribution in [-0.2, 0) is 22.2 Å². The zero-order valence-corrected chi connectivity index (χ0v) is 14.6. The van der Waals surface area contributed by atoms with Crippen LogP contribution in [0.4, 0.5) is 13.2 Å². The second-order valence-electron chi connectivity index (χ2n) is 6.61. The van der Waals surface area contributed by atoms with E-state index >= 15 is 0 Å². The molecule has 1 aromatic rings. The fourth-order valence-corrected chi connectivity index (χ4v) is 3.34. The third-order valence-corrected chi connectivity index (χ3v) is 4.72. The van der Waals surface area contributed by atoms with Crippen LogP contribution in [0.1, 0.15) is 30.4 Å². The van der Waals surface area contributed by atoms with Gasteiger partial charge in [-0.25, -0.2) is 0 Å². The van der Waals surface area contributed by atoms with Crippen LogP contribution in [0.3, 0.4) is 0 Å². The van der Waals surface area contributed by atoms with Crippen molar-refractivity contribution in [1.82, 2.24) is 9.80 Å². The van der Waals surface area contributed by atoms with Gasteiger partial charge in [-0.2, -0.15) is 13.2 Å². The van der Waals surface area contributed by atoms with Crippen molar-refractivity contribution >= 4 is 11.9 Å². The molecule has 1 amide bonds. The molecule has 1 heterocycles. The van der Waals surface area contributed by atoms with E-state index in [9.17, 15) is 22.8 Å². The van der Waals surface area contributed by atoms with Crippen molar-refractivity contribution < 1.29 is 27.9 Å². The number of aliphatic carboxylic acids is 1. The number of nitrogens with zero attached hydrogens (tertiary/aromatic N) is 2. The Balaban J connectivity index is 2.00. The highest BCUT2D eigenvalue weighted by molar-refractivity contribution is 5.79. The smallest absolute Gasteiger partial charge is 0.416 e. The maximum absolute atomic E-state index is 13.1. The molecule has 1 aliphatic rings. The van der Waals surface area contributed by atoms with Gasteiger partial charge in [-0.05, 0) is 37.9 Å². The Morgan fingerprint density at radius 1 is 1.23 bits per heavy atom. The molecule has 1 aliphatic heterocycles. The Labute approximate surface area is 150 Å². The monoisotopic (exact) mass is 372 g/mol. The fraction of sp³-hybridized carbons (Fsp3) is 0.556. The highest BCUT2D eigenvalue weighted by atomic mass is 19.4. The van der Waals surface area contributed by atoms with Gasteiger partial charge in [0, 0.05) is 19.1 Å². The predicted octanol–water partition coefficient (Wildman–Crippen LogP) is 2.65. The lowest BCUT2D eigenvalue weighted by Crippen LogP contribution is -2.37. The van der Waals surface area contributed by atoms with E-state index < -0.39 is 17.7 Å². The van der Waals surface area contributed by atoms with Crippen molar-refractivity contribution in [2.45, 2.75) is 37.9 Å². The minimum Gasteiger partial charge on any atom is -0.480 e. The molecule has 0 aliphatic carbocycles. The number of alkyl halides is 3. The molecule has 1 saturated heterocycles. The van der Waals surface area contributed by atoms with E-state index in [0.29, 0.717) is 25.9 Å². The lowest BCUT2D eigenvalue weighted by molar-refractivity contribution is -0.140. The summed E-state index contributed by atoms with van der Waals surface area (Å²) in [6, 6.07) is 5.18. The molecular weight excluding hydrogens is 349 g/mol. The summed E-state index contributed by atoms with van der Waals surface area (Å²) >= 11 is 0. The van der Waals surface area contributed by atoms with E-state index in [-0.39, 0.29) is 30.5 Å². The molecule has 0 spiro atoms. The van der Waals surface area contributed by atoms with Gasteiger partial charge in [0.05, 0.1) is 18.5 Å². The molecule has 1 unspecified atom stereocenters. The third kappa shape index (κ3) is 5.45. The molecular formula is C18H23F3N2O3. The number of hydrogen-bond acceptors (Lipinski definition) is 3. The van der Waals surface area contributed by atoms with Crippen LogP contribution in [0.2, 0.25) is 0 Å². The van der Waals surface area contributed by atoms with Gasteiger partial charge in [-0.3, -0.25) is 14.5 Å². The van der Waals surface area contributed by atoms with Gasteiger partial charge in [0.1, 0.15) is 0 Å². The third-order valence-electron chi connectivity index (χ3n) is 4.72. The molecule has 8 heteroatoms. The molecule has 1 N–H and O–H groups in total. The van der Waals surface area contributed by atoms with Gasteiger partial charge >= 0.3 is 12.1 Å². The summed E-state index contributed by atoms with van der Waals surface area (Å²) in [5.41, 5.74) is -0.795. The minimum absolute atomic E-state index is 0.0196. The minimum atomic E-state index is -4.49. The van der Waals surface area contributed by atoms with E-state index in [1.54, 1.807) is 16.8 Å². The van der Waals surface area contributed by atoms with Crippen molar-refractivity contribution in [3.8, 4) is 0 Å². The summed E-state index contributed by atoms with van der Waals surface area (Å²) in [7, 11) is 1.73. The lowest BCUT2D eigenvalue weighted by Gasteiger charge is -2.25. The molecule has 0 bridgehead atoms. The highest BCUT2D eigenvalue weighted by Crippen LogP contribution is 2.32. The van der Waals surface area contributed by atoms with Crippen molar-refractivity contribution in [3.05, 3.63) is 35.4 Å². The first-order valence-corrected chi connectivity index (χ1v) is 8.53. The molecule has 0 radical (unpaired) electrons. The maximum atomic E-state index is 13.1. The molecule has 0 saturated carbocycles. The van der Waals surface area contributed by atoms with Crippen LogP contribution < -0.4 is 0 Å². The van der Waals surface area contributed by atoms with Crippen molar-refractivity contribution in [2.24, 2.45) is 0 Å².